The fourth-order valence-corrected chi connectivity index (χ4v) is 1.29. The highest BCUT2D eigenvalue weighted by Gasteiger charge is 2.36. The molecule has 0 aliphatic rings. The van der Waals surface area contributed by atoms with E-state index in [2.05, 4.69) is 0 Å². The van der Waals surface area contributed by atoms with Crippen molar-refractivity contribution in [2.75, 3.05) is 0 Å². The van der Waals surface area contributed by atoms with Crippen LogP contribution >= 0.6 is 0 Å². The zero-order valence-electron chi connectivity index (χ0n) is 9.01. The maximum Gasteiger partial charge on any atom is 0.417 e. The number of hydrogen-bond acceptors (Lipinski definition) is 1. The summed E-state index contributed by atoms with van der Waals surface area (Å²) >= 11 is 0. The second-order valence-corrected chi connectivity index (χ2v) is 3.47. The zero-order chi connectivity index (χ0) is 14.8. The number of alkyl halides is 6. The summed E-state index contributed by atoms with van der Waals surface area (Å²) in [5, 5.41) is 8.34. The molecule has 0 spiro atoms. The number of carboxylic acid groups (broad SMARTS) is 1. The fraction of sp³-hybridized carbons (Fsp3) is 0.182. The van der Waals surface area contributed by atoms with Crippen molar-refractivity contribution < 1.29 is 36.2 Å². The second-order valence-electron chi connectivity index (χ2n) is 3.47. The summed E-state index contributed by atoms with van der Waals surface area (Å²) in [5.41, 5.74) is -3.29. The quantitative estimate of drug-likeness (QED) is 0.663. The van der Waals surface area contributed by atoms with Crippen LogP contribution in [0.2, 0.25) is 0 Å². The molecule has 1 rings (SSSR count). The minimum atomic E-state index is -4.97. The van der Waals surface area contributed by atoms with Crippen LogP contribution in [0.3, 0.4) is 0 Å². The summed E-state index contributed by atoms with van der Waals surface area (Å²) in [6, 6.07) is 2.06. The lowest BCUT2D eigenvalue weighted by Crippen LogP contribution is -2.13. The maximum absolute atomic E-state index is 12.5. The summed E-state index contributed by atoms with van der Waals surface area (Å²) in [6.07, 6.45) is -9.74. The molecule has 104 valence electrons. The van der Waals surface area contributed by atoms with Gasteiger partial charge in [0.15, 0.2) is 0 Å². The highest BCUT2D eigenvalue weighted by Crippen LogP contribution is 2.35. The number of allylic oxidation sites excluding steroid dienone is 1. The van der Waals surface area contributed by atoms with Gasteiger partial charge in [-0.2, -0.15) is 26.3 Å². The number of halogens is 6. The average molecular weight is 284 g/mol. The van der Waals surface area contributed by atoms with Crippen LogP contribution in [-0.2, 0) is 11.0 Å². The van der Waals surface area contributed by atoms with Crippen LogP contribution in [0.25, 0.3) is 5.57 Å². The lowest BCUT2D eigenvalue weighted by atomic mass is 10.0. The Bertz CT molecular complexity index is 495. The molecule has 0 aromatic heterocycles. The normalized spacial score (nSPS) is 13.5. The highest BCUT2D eigenvalue weighted by molar-refractivity contribution is 5.91. The van der Waals surface area contributed by atoms with E-state index in [0.29, 0.717) is 24.3 Å². The van der Waals surface area contributed by atoms with Crippen molar-refractivity contribution in [1.82, 2.24) is 0 Å². The van der Waals surface area contributed by atoms with Gasteiger partial charge in [0.05, 0.1) is 11.1 Å². The van der Waals surface area contributed by atoms with Crippen LogP contribution in [0.5, 0.6) is 0 Å². The predicted octanol–water partition coefficient (Wildman–Crippen LogP) is 3.74. The molecule has 0 amide bonds. The summed E-state index contributed by atoms with van der Waals surface area (Å²) in [7, 11) is 0. The number of carboxylic acids is 1. The molecule has 1 aromatic rings. The number of hydrogen-bond donors (Lipinski definition) is 1. The van der Waals surface area contributed by atoms with Gasteiger partial charge in [-0.05, 0) is 17.7 Å². The number of rotatable bonds is 2. The van der Waals surface area contributed by atoms with Crippen molar-refractivity contribution in [1.29, 1.82) is 0 Å². The Labute approximate surface area is 103 Å². The van der Waals surface area contributed by atoms with Crippen LogP contribution < -0.4 is 0 Å². The monoisotopic (exact) mass is 284 g/mol. The molecular weight excluding hydrogens is 278 g/mol. The minimum absolute atomic E-state index is 0.0946. The van der Waals surface area contributed by atoms with Gasteiger partial charge in [0.25, 0.3) is 0 Å². The Morgan fingerprint density at radius 1 is 1.00 bits per heavy atom. The van der Waals surface area contributed by atoms with Gasteiger partial charge in [-0.15, -0.1) is 0 Å². The third-order valence-electron chi connectivity index (χ3n) is 2.10. The lowest BCUT2D eigenvalue weighted by molar-refractivity contribution is -0.137. The molecule has 0 unspecified atom stereocenters. The smallest absolute Gasteiger partial charge is 0.417 e. The van der Waals surface area contributed by atoms with Crippen molar-refractivity contribution in [2.45, 2.75) is 12.4 Å². The first-order chi connectivity index (χ1) is 8.51. The summed E-state index contributed by atoms with van der Waals surface area (Å²) in [6.45, 7) is 0. The molecule has 1 N–H and O–H groups in total. The molecule has 1 aromatic carbocycles. The molecule has 0 aliphatic heterocycles. The molecule has 0 bridgehead atoms. The van der Waals surface area contributed by atoms with Gasteiger partial charge in [0.2, 0.25) is 0 Å². The maximum atomic E-state index is 12.5. The standard InChI is InChI=1S/C11H6F6O2/c12-10(13,14)7-3-1-6(2-4-7)8(5-9(18)19)11(15,16)17/h1-5H,(H,18,19)/b8-5+. The van der Waals surface area contributed by atoms with E-state index in [4.69, 9.17) is 5.11 Å². The fourth-order valence-electron chi connectivity index (χ4n) is 1.29. The molecular formula is C11H6F6O2. The molecule has 0 saturated heterocycles. The molecule has 19 heavy (non-hydrogen) atoms. The highest BCUT2D eigenvalue weighted by atomic mass is 19.4. The van der Waals surface area contributed by atoms with Gasteiger partial charge in [-0.1, -0.05) is 12.1 Å². The van der Waals surface area contributed by atoms with Gasteiger partial charge < -0.3 is 5.11 Å². The summed E-state index contributed by atoms with van der Waals surface area (Å²) < 4.78 is 74.3. The van der Waals surface area contributed by atoms with Crippen LogP contribution in [0.15, 0.2) is 30.3 Å². The molecule has 0 fully saturated rings. The van der Waals surface area contributed by atoms with Crippen LogP contribution in [0.1, 0.15) is 11.1 Å². The van der Waals surface area contributed by atoms with Gasteiger partial charge in [0.1, 0.15) is 0 Å². The van der Waals surface area contributed by atoms with Gasteiger partial charge in [-0.25, -0.2) is 4.79 Å². The lowest BCUT2D eigenvalue weighted by Gasteiger charge is -2.12. The Morgan fingerprint density at radius 3 is 1.79 bits per heavy atom. The van der Waals surface area contributed by atoms with E-state index in [-0.39, 0.29) is 6.08 Å². The number of aliphatic carboxylic acids is 1. The van der Waals surface area contributed by atoms with E-state index in [9.17, 15) is 31.1 Å². The van der Waals surface area contributed by atoms with Crippen molar-refractivity contribution in [2.24, 2.45) is 0 Å². The molecule has 0 atom stereocenters. The molecule has 2 nitrogen and oxygen atoms in total. The van der Waals surface area contributed by atoms with Crippen molar-refractivity contribution in [3.63, 3.8) is 0 Å². The van der Waals surface area contributed by atoms with E-state index in [0.717, 1.165) is 0 Å². The topological polar surface area (TPSA) is 37.3 Å². The van der Waals surface area contributed by atoms with Gasteiger partial charge in [0, 0.05) is 6.08 Å². The molecule has 0 aliphatic carbocycles. The Balaban J connectivity index is 3.24. The largest absolute Gasteiger partial charge is 0.478 e. The summed E-state index contributed by atoms with van der Waals surface area (Å²) in [5.74, 6) is -1.84. The third-order valence-corrected chi connectivity index (χ3v) is 2.10. The third kappa shape index (κ3) is 4.01. The van der Waals surface area contributed by atoms with Crippen LogP contribution in [0, 0.1) is 0 Å². The van der Waals surface area contributed by atoms with E-state index < -0.39 is 35.0 Å². The van der Waals surface area contributed by atoms with Crippen molar-refractivity contribution >= 4 is 11.5 Å². The van der Waals surface area contributed by atoms with E-state index >= 15 is 0 Å². The van der Waals surface area contributed by atoms with Crippen molar-refractivity contribution in [3.8, 4) is 0 Å². The first kappa shape index (κ1) is 15.1. The minimum Gasteiger partial charge on any atom is -0.478 e. The molecule has 0 saturated carbocycles. The van der Waals surface area contributed by atoms with Gasteiger partial charge in [-0.3, -0.25) is 0 Å². The first-order valence-electron chi connectivity index (χ1n) is 4.71. The van der Waals surface area contributed by atoms with Gasteiger partial charge >= 0.3 is 18.3 Å². The Morgan fingerprint density at radius 2 is 1.47 bits per heavy atom. The van der Waals surface area contributed by atoms with Crippen molar-refractivity contribution in [3.05, 3.63) is 41.5 Å². The van der Waals surface area contributed by atoms with E-state index in [1.807, 2.05) is 0 Å². The SMILES string of the molecule is O=C(O)/C=C(\c1ccc(C(F)(F)F)cc1)C(F)(F)F. The number of carbonyl (C=O) groups is 1. The molecule has 0 heterocycles. The molecule has 0 radical (unpaired) electrons. The van der Waals surface area contributed by atoms with Crippen LogP contribution in [0.4, 0.5) is 26.3 Å². The second kappa shape index (κ2) is 4.94. The zero-order valence-corrected chi connectivity index (χ0v) is 9.01. The van der Waals surface area contributed by atoms with E-state index in [1.165, 1.54) is 0 Å². The van der Waals surface area contributed by atoms with Crippen LogP contribution in [-0.4, -0.2) is 17.3 Å². The van der Waals surface area contributed by atoms with E-state index in [1.54, 1.807) is 0 Å². The summed E-state index contributed by atoms with van der Waals surface area (Å²) in [4.78, 5) is 10.3. The Kier molecular flexibility index (Phi) is 3.92. The predicted molar refractivity (Wildman–Crippen MR) is 53.1 cm³/mol. The first-order valence-corrected chi connectivity index (χ1v) is 4.71. The molecule has 8 heteroatoms. The average Bonchev–Trinajstić information content (AvgIpc) is 2.23. The number of benzene rings is 1. The Hall–Kier alpha value is -1.99.